The summed E-state index contributed by atoms with van der Waals surface area (Å²) in [6.07, 6.45) is 3.16. The fourth-order valence-electron chi connectivity index (χ4n) is 6.45. The Morgan fingerprint density at radius 3 is 2.02 bits per heavy atom. The number of piperidine rings is 1. The fourth-order valence-corrected chi connectivity index (χ4v) is 6.45. The van der Waals surface area contributed by atoms with Crippen molar-refractivity contribution in [2.45, 2.75) is 102 Å². The summed E-state index contributed by atoms with van der Waals surface area (Å²) in [6.45, 7) is 7.29. The Bertz CT molecular complexity index is 1430. The molecule has 0 spiro atoms. The van der Waals surface area contributed by atoms with E-state index in [1.807, 2.05) is 62.4 Å². The molecule has 3 rings (SSSR count). The fraction of sp³-hybridized carbons (Fsp3) is 0.564. The molecule has 0 bridgehead atoms. The summed E-state index contributed by atoms with van der Waals surface area (Å²) >= 11 is 0. The van der Waals surface area contributed by atoms with Crippen molar-refractivity contribution < 1.29 is 29.1 Å². The highest BCUT2D eigenvalue weighted by Crippen LogP contribution is 2.22. The van der Waals surface area contributed by atoms with E-state index in [9.17, 15) is 29.1 Å². The van der Waals surface area contributed by atoms with Gasteiger partial charge in [-0.2, -0.15) is 0 Å². The molecule has 1 aliphatic heterocycles. The van der Waals surface area contributed by atoms with Gasteiger partial charge in [-0.15, -0.1) is 0 Å². The van der Waals surface area contributed by atoms with E-state index in [1.165, 1.54) is 5.56 Å². The van der Waals surface area contributed by atoms with Crippen LogP contribution in [0.1, 0.15) is 82.8 Å². The first-order valence-corrected chi connectivity index (χ1v) is 18.6. The average molecular weight is 722 g/mol. The number of carboxylic acids is 1. The molecule has 13 nitrogen and oxygen atoms in total. The topological polar surface area (TPSA) is 209 Å². The largest absolute Gasteiger partial charge is 0.480 e. The van der Waals surface area contributed by atoms with Crippen molar-refractivity contribution in [1.82, 2.24) is 26.2 Å². The minimum absolute atomic E-state index is 0.0125. The Morgan fingerprint density at radius 2 is 1.44 bits per heavy atom. The molecule has 1 aliphatic rings. The molecule has 0 aliphatic carbocycles. The number of aliphatic carboxylic acids is 1. The predicted octanol–water partition coefficient (Wildman–Crippen LogP) is 2.05. The second kappa shape index (κ2) is 21.3. The summed E-state index contributed by atoms with van der Waals surface area (Å²) in [5.74, 6) is -2.56. The molecule has 0 radical (unpaired) electrons. The number of nitrogens with zero attached hydrogens (tertiary/aromatic N) is 1. The monoisotopic (exact) mass is 721 g/mol. The highest BCUT2D eigenvalue weighted by atomic mass is 16.4. The highest BCUT2D eigenvalue weighted by molar-refractivity contribution is 5.94. The molecule has 0 saturated carbocycles. The average Bonchev–Trinajstić information content (AvgIpc) is 3.13. The molecule has 0 aromatic heterocycles. The van der Waals surface area contributed by atoms with Crippen LogP contribution in [-0.2, 0) is 30.4 Å². The Kier molecular flexibility index (Phi) is 17.2. The second-order valence-corrected chi connectivity index (χ2v) is 14.3. The van der Waals surface area contributed by atoms with E-state index in [0.29, 0.717) is 38.8 Å². The second-order valence-electron chi connectivity index (χ2n) is 14.3. The maximum Gasteiger partial charge on any atom is 0.323 e. The molecule has 2 aromatic carbocycles. The number of hydrogen-bond acceptors (Lipinski definition) is 8. The molecular formula is C39H59N7O6. The minimum atomic E-state index is -1.40. The van der Waals surface area contributed by atoms with Gasteiger partial charge in [-0.3, -0.25) is 24.0 Å². The van der Waals surface area contributed by atoms with Crippen LogP contribution in [0.15, 0.2) is 60.7 Å². The van der Waals surface area contributed by atoms with Crippen molar-refractivity contribution in [3.8, 4) is 0 Å². The lowest BCUT2D eigenvalue weighted by molar-refractivity contribution is -0.148. The number of carbonyl (C=O) groups is 5. The number of unbranched alkanes of at least 4 members (excludes halogenated alkanes) is 1. The number of nitrogens with two attached hydrogens (primary N) is 2. The number of benzene rings is 2. The number of likely N-dealkylation sites (tertiary alicyclic amines) is 1. The van der Waals surface area contributed by atoms with E-state index in [4.69, 9.17) is 11.5 Å². The number of nitrogens with one attached hydrogen (secondary N) is 4. The van der Waals surface area contributed by atoms with E-state index in [0.717, 1.165) is 12.0 Å². The van der Waals surface area contributed by atoms with Gasteiger partial charge in [0.05, 0.1) is 6.54 Å². The molecule has 286 valence electrons. The van der Waals surface area contributed by atoms with E-state index in [1.54, 1.807) is 4.90 Å². The smallest absolute Gasteiger partial charge is 0.323 e. The third kappa shape index (κ3) is 13.3. The minimum Gasteiger partial charge on any atom is -0.480 e. The molecule has 1 heterocycles. The molecule has 2 unspecified atom stereocenters. The van der Waals surface area contributed by atoms with E-state index < -0.39 is 41.4 Å². The van der Waals surface area contributed by atoms with Gasteiger partial charge in [0.1, 0.15) is 23.7 Å². The summed E-state index contributed by atoms with van der Waals surface area (Å²) < 4.78 is 0. The lowest BCUT2D eigenvalue weighted by atomic mass is 9.88. The van der Waals surface area contributed by atoms with Gasteiger partial charge < -0.3 is 42.7 Å². The molecule has 4 atom stereocenters. The predicted molar refractivity (Wildman–Crippen MR) is 201 cm³/mol. The zero-order chi connectivity index (χ0) is 38.1. The molecule has 13 heteroatoms. The zero-order valence-corrected chi connectivity index (χ0v) is 30.9. The number of carbonyl (C=O) groups excluding carboxylic acids is 4. The Labute approximate surface area is 308 Å². The number of amides is 4. The van der Waals surface area contributed by atoms with Gasteiger partial charge in [0.25, 0.3) is 0 Å². The van der Waals surface area contributed by atoms with Crippen molar-refractivity contribution >= 4 is 29.6 Å². The van der Waals surface area contributed by atoms with E-state index >= 15 is 0 Å². The van der Waals surface area contributed by atoms with Gasteiger partial charge >= 0.3 is 5.97 Å². The standard InChI is InChI=1S/C39H59N7O6/c1-4-29(30-15-9-6-10-16-30)25-42-26-34(47)43-33(24-28-13-7-5-8-14-28)36(49)45-32(23-27(2)3)35(48)44-31(17-11-12-20-40)37(50)46-21-18-39(41,19-22-46)38(51)52/h5-10,13-16,27,29,31-33,42H,4,11-12,17-26,40-41H2,1-3H3,(H,43,47)(H,44,48)(H,45,49)(H,51,52)/t29?,31?,32-,33-/m1/s1. The van der Waals surface area contributed by atoms with Gasteiger partial charge in [-0.05, 0) is 74.5 Å². The SMILES string of the molecule is CCC(CNCC(=O)N[C@H](Cc1ccccc1)C(=O)N[C@H](CC(C)C)C(=O)NC(CCCCN)C(=O)N1CCC(N)(C(=O)O)CC1)c1ccccc1. The van der Waals surface area contributed by atoms with Crippen molar-refractivity contribution in [2.75, 3.05) is 32.7 Å². The number of carboxylic acid groups (broad SMARTS) is 1. The van der Waals surface area contributed by atoms with Gasteiger partial charge in [0, 0.05) is 26.1 Å². The molecule has 1 fully saturated rings. The van der Waals surface area contributed by atoms with Crippen LogP contribution in [0.3, 0.4) is 0 Å². The number of rotatable bonds is 21. The maximum atomic E-state index is 13.9. The van der Waals surface area contributed by atoms with Crippen LogP contribution in [0, 0.1) is 5.92 Å². The van der Waals surface area contributed by atoms with Gasteiger partial charge in [-0.25, -0.2) is 0 Å². The third-order valence-corrected chi connectivity index (χ3v) is 9.67. The molecule has 1 saturated heterocycles. The lowest BCUT2D eigenvalue weighted by Gasteiger charge is -2.38. The normalized spacial score (nSPS) is 16.3. The van der Waals surface area contributed by atoms with Crippen LogP contribution in [0.2, 0.25) is 0 Å². The summed E-state index contributed by atoms with van der Waals surface area (Å²) in [6, 6.07) is 16.6. The van der Waals surface area contributed by atoms with Gasteiger partial charge in [0.15, 0.2) is 0 Å². The van der Waals surface area contributed by atoms with Crippen LogP contribution in [-0.4, -0.2) is 96.0 Å². The Morgan fingerprint density at radius 1 is 0.846 bits per heavy atom. The van der Waals surface area contributed by atoms with Crippen molar-refractivity contribution in [3.05, 3.63) is 71.8 Å². The zero-order valence-electron chi connectivity index (χ0n) is 30.9. The summed E-state index contributed by atoms with van der Waals surface area (Å²) in [4.78, 5) is 67.9. The van der Waals surface area contributed by atoms with Crippen molar-refractivity contribution in [2.24, 2.45) is 17.4 Å². The van der Waals surface area contributed by atoms with Crippen LogP contribution >= 0.6 is 0 Å². The Balaban J connectivity index is 1.72. The Hall–Kier alpha value is -4.33. The van der Waals surface area contributed by atoms with Crippen LogP contribution < -0.4 is 32.7 Å². The van der Waals surface area contributed by atoms with Gasteiger partial charge in [-0.1, -0.05) is 81.4 Å². The summed E-state index contributed by atoms with van der Waals surface area (Å²) in [5.41, 5.74) is 12.4. The van der Waals surface area contributed by atoms with E-state index in [-0.39, 0.29) is 62.5 Å². The van der Waals surface area contributed by atoms with Crippen LogP contribution in [0.5, 0.6) is 0 Å². The first-order valence-electron chi connectivity index (χ1n) is 18.6. The summed E-state index contributed by atoms with van der Waals surface area (Å²) in [7, 11) is 0. The quantitative estimate of drug-likeness (QED) is 0.0940. The van der Waals surface area contributed by atoms with Crippen LogP contribution in [0.25, 0.3) is 0 Å². The highest BCUT2D eigenvalue weighted by Gasteiger charge is 2.40. The van der Waals surface area contributed by atoms with Gasteiger partial charge in [0.2, 0.25) is 23.6 Å². The summed E-state index contributed by atoms with van der Waals surface area (Å²) in [5, 5.41) is 21.4. The molecule has 9 N–H and O–H groups in total. The van der Waals surface area contributed by atoms with Crippen LogP contribution in [0.4, 0.5) is 0 Å². The third-order valence-electron chi connectivity index (χ3n) is 9.67. The molecule has 2 aromatic rings. The van der Waals surface area contributed by atoms with Crippen molar-refractivity contribution in [3.63, 3.8) is 0 Å². The molecule has 4 amide bonds. The number of hydrogen-bond donors (Lipinski definition) is 7. The molecular weight excluding hydrogens is 662 g/mol. The lowest BCUT2D eigenvalue weighted by Crippen LogP contribution is -2.60. The molecule has 52 heavy (non-hydrogen) atoms. The first-order chi connectivity index (χ1) is 24.9. The van der Waals surface area contributed by atoms with Crippen molar-refractivity contribution in [1.29, 1.82) is 0 Å². The first kappa shape index (κ1) is 42.1. The maximum absolute atomic E-state index is 13.9. The van der Waals surface area contributed by atoms with E-state index in [2.05, 4.69) is 40.3 Å².